The Kier molecular flexibility index (Phi) is 5.42. The highest BCUT2D eigenvalue weighted by Gasteiger charge is 2.35. The maximum absolute atomic E-state index is 12.3. The highest BCUT2D eigenvalue weighted by molar-refractivity contribution is 6.22. The first-order valence-corrected chi connectivity index (χ1v) is 7.48. The molecule has 6 nitrogen and oxygen atoms in total. The van der Waals surface area contributed by atoms with Crippen LogP contribution in [0.4, 0.5) is 0 Å². The molecule has 0 unspecified atom stereocenters. The van der Waals surface area contributed by atoms with Crippen molar-refractivity contribution in [1.29, 1.82) is 0 Å². The van der Waals surface area contributed by atoms with E-state index < -0.39 is 5.97 Å². The van der Waals surface area contributed by atoms with Crippen LogP contribution in [0, 0.1) is 0 Å². The zero-order valence-electron chi connectivity index (χ0n) is 13.6. The molecular formula is C18H18N2O4. The number of carbonyl (C=O) groups excluding carboxylic acids is 3. The minimum Gasteiger partial charge on any atom is -0.461 e. The molecule has 2 rings (SSSR count). The van der Waals surface area contributed by atoms with E-state index in [2.05, 4.69) is 11.6 Å². The standard InChI is InChI=1S/C18H18N2O4/c1-4-8-15(18(23)24-5-2)19-12(3)11-20-16(21)13-9-6-7-10-14(13)17(20)22/h4,6-10H,1,5,11H2,2-3H3/b15-8-,19-12?. The number of ether oxygens (including phenoxy) is 1. The van der Waals surface area contributed by atoms with Crippen LogP contribution in [0.2, 0.25) is 0 Å². The lowest BCUT2D eigenvalue weighted by molar-refractivity contribution is -0.138. The zero-order chi connectivity index (χ0) is 17.7. The molecule has 0 aromatic heterocycles. The Bertz CT molecular complexity index is 727. The summed E-state index contributed by atoms with van der Waals surface area (Å²) in [5.41, 5.74) is 1.26. The lowest BCUT2D eigenvalue weighted by Crippen LogP contribution is -2.34. The third-order valence-corrected chi connectivity index (χ3v) is 3.34. The minimum atomic E-state index is -0.584. The molecule has 1 aliphatic heterocycles. The molecule has 0 aliphatic carbocycles. The number of hydrogen-bond donors (Lipinski definition) is 0. The fraction of sp³-hybridized carbons (Fsp3) is 0.222. The van der Waals surface area contributed by atoms with Gasteiger partial charge in [0, 0.05) is 5.71 Å². The van der Waals surface area contributed by atoms with Gasteiger partial charge in [0.25, 0.3) is 11.8 Å². The summed E-state index contributed by atoms with van der Waals surface area (Å²) in [5.74, 6) is -1.31. The van der Waals surface area contributed by atoms with Crippen molar-refractivity contribution in [1.82, 2.24) is 4.90 Å². The fourth-order valence-corrected chi connectivity index (χ4v) is 2.32. The largest absolute Gasteiger partial charge is 0.461 e. The van der Waals surface area contributed by atoms with E-state index in [1.807, 2.05) is 0 Å². The van der Waals surface area contributed by atoms with Crippen molar-refractivity contribution in [2.75, 3.05) is 13.2 Å². The van der Waals surface area contributed by atoms with Crippen molar-refractivity contribution in [2.45, 2.75) is 13.8 Å². The quantitative estimate of drug-likeness (QED) is 0.264. The van der Waals surface area contributed by atoms with E-state index in [4.69, 9.17) is 4.74 Å². The number of rotatable bonds is 6. The predicted octanol–water partition coefficient (Wildman–Crippen LogP) is 2.38. The summed E-state index contributed by atoms with van der Waals surface area (Å²) in [6, 6.07) is 6.65. The number of benzene rings is 1. The zero-order valence-corrected chi connectivity index (χ0v) is 13.6. The summed E-state index contributed by atoms with van der Waals surface area (Å²) in [6.07, 6.45) is 2.84. The second-order valence-electron chi connectivity index (χ2n) is 5.10. The molecule has 1 aromatic carbocycles. The van der Waals surface area contributed by atoms with Crippen molar-refractivity contribution in [3.8, 4) is 0 Å². The van der Waals surface area contributed by atoms with E-state index in [1.165, 1.54) is 12.2 Å². The highest BCUT2D eigenvalue weighted by Crippen LogP contribution is 2.22. The van der Waals surface area contributed by atoms with Gasteiger partial charge in [0.1, 0.15) is 5.70 Å². The van der Waals surface area contributed by atoms with Crippen molar-refractivity contribution >= 4 is 23.5 Å². The van der Waals surface area contributed by atoms with Crippen LogP contribution in [-0.4, -0.2) is 41.5 Å². The molecule has 0 radical (unpaired) electrons. The molecule has 0 N–H and O–H groups in total. The molecule has 1 heterocycles. The van der Waals surface area contributed by atoms with Gasteiger partial charge < -0.3 is 4.74 Å². The van der Waals surface area contributed by atoms with Crippen LogP contribution in [0.25, 0.3) is 0 Å². The minimum absolute atomic E-state index is 0.000233. The van der Waals surface area contributed by atoms with E-state index in [-0.39, 0.29) is 30.7 Å². The van der Waals surface area contributed by atoms with Gasteiger partial charge in [-0.05, 0) is 32.1 Å². The van der Waals surface area contributed by atoms with Crippen LogP contribution in [0.5, 0.6) is 0 Å². The average molecular weight is 326 g/mol. The van der Waals surface area contributed by atoms with Gasteiger partial charge >= 0.3 is 5.97 Å². The lowest BCUT2D eigenvalue weighted by atomic mass is 10.1. The first kappa shape index (κ1) is 17.3. The number of amides is 2. The Morgan fingerprint density at radius 1 is 1.25 bits per heavy atom. The van der Waals surface area contributed by atoms with Gasteiger partial charge in [0.05, 0.1) is 24.3 Å². The van der Waals surface area contributed by atoms with Gasteiger partial charge in [-0.2, -0.15) is 0 Å². The Morgan fingerprint density at radius 2 is 1.83 bits per heavy atom. The van der Waals surface area contributed by atoms with Gasteiger partial charge in [-0.1, -0.05) is 24.8 Å². The molecular weight excluding hydrogens is 308 g/mol. The summed E-state index contributed by atoms with van der Waals surface area (Å²) in [5, 5.41) is 0. The molecule has 124 valence electrons. The molecule has 24 heavy (non-hydrogen) atoms. The molecule has 1 aromatic rings. The summed E-state index contributed by atoms with van der Waals surface area (Å²) >= 11 is 0. The SMILES string of the molecule is C=C/C=C(\N=C(C)CN1C(=O)c2ccccc2C1=O)C(=O)OCC. The number of fused-ring (bicyclic) bond motifs is 1. The van der Waals surface area contributed by atoms with Crippen molar-refractivity contribution in [3.63, 3.8) is 0 Å². The van der Waals surface area contributed by atoms with E-state index in [1.54, 1.807) is 38.1 Å². The topological polar surface area (TPSA) is 76.0 Å². The highest BCUT2D eigenvalue weighted by atomic mass is 16.5. The number of nitrogens with zero attached hydrogens (tertiary/aromatic N) is 2. The van der Waals surface area contributed by atoms with E-state index in [9.17, 15) is 14.4 Å². The van der Waals surface area contributed by atoms with E-state index in [0.717, 1.165) is 4.90 Å². The second kappa shape index (κ2) is 7.50. The average Bonchev–Trinajstić information content (AvgIpc) is 2.80. The Hall–Kier alpha value is -3.02. The number of hydrogen-bond acceptors (Lipinski definition) is 5. The van der Waals surface area contributed by atoms with Crippen molar-refractivity contribution < 1.29 is 19.1 Å². The van der Waals surface area contributed by atoms with E-state index >= 15 is 0 Å². The van der Waals surface area contributed by atoms with Gasteiger partial charge in [0.15, 0.2) is 0 Å². The number of allylic oxidation sites excluding steroid dienone is 2. The molecule has 0 atom stereocenters. The molecule has 2 amide bonds. The first-order chi connectivity index (χ1) is 11.5. The Morgan fingerprint density at radius 3 is 2.33 bits per heavy atom. The molecule has 0 saturated carbocycles. The van der Waals surface area contributed by atoms with Gasteiger partial charge in [-0.25, -0.2) is 9.79 Å². The predicted molar refractivity (Wildman–Crippen MR) is 89.8 cm³/mol. The van der Waals surface area contributed by atoms with Crippen LogP contribution in [0.3, 0.4) is 0 Å². The smallest absolute Gasteiger partial charge is 0.356 e. The number of aliphatic imine (C=N–C) groups is 1. The molecule has 0 spiro atoms. The maximum Gasteiger partial charge on any atom is 0.356 e. The normalized spacial score (nSPS) is 14.7. The summed E-state index contributed by atoms with van der Waals surface area (Å²) in [4.78, 5) is 41.7. The number of carbonyl (C=O) groups is 3. The molecule has 0 saturated heterocycles. The summed E-state index contributed by atoms with van der Waals surface area (Å²) < 4.78 is 4.91. The Labute approximate surface area is 140 Å². The Balaban J connectivity index is 2.20. The van der Waals surface area contributed by atoms with Crippen molar-refractivity contribution in [2.24, 2.45) is 4.99 Å². The van der Waals surface area contributed by atoms with Crippen molar-refractivity contribution in [3.05, 3.63) is 59.8 Å². The van der Waals surface area contributed by atoms with Crippen LogP contribution in [-0.2, 0) is 9.53 Å². The van der Waals surface area contributed by atoms with Crippen LogP contribution in [0.15, 0.2) is 53.7 Å². The summed E-state index contributed by atoms with van der Waals surface area (Å²) in [6.45, 7) is 7.09. The molecule has 6 heteroatoms. The maximum atomic E-state index is 12.3. The third kappa shape index (κ3) is 3.48. The van der Waals surface area contributed by atoms with Crippen LogP contribution >= 0.6 is 0 Å². The second-order valence-corrected chi connectivity index (χ2v) is 5.10. The van der Waals surface area contributed by atoms with Gasteiger partial charge in [0.2, 0.25) is 0 Å². The van der Waals surface area contributed by atoms with Crippen LogP contribution in [0.1, 0.15) is 34.6 Å². The first-order valence-electron chi connectivity index (χ1n) is 7.48. The third-order valence-electron chi connectivity index (χ3n) is 3.34. The van der Waals surface area contributed by atoms with Gasteiger partial charge in [-0.3, -0.25) is 14.5 Å². The molecule has 1 aliphatic rings. The number of imide groups is 1. The van der Waals surface area contributed by atoms with E-state index in [0.29, 0.717) is 16.8 Å². The fourth-order valence-electron chi connectivity index (χ4n) is 2.32. The number of esters is 1. The monoisotopic (exact) mass is 326 g/mol. The van der Waals surface area contributed by atoms with Crippen LogP contribution < -0.4 is 0 Å². The molecule has 0 fully saturated rings. The molecule has 0 bridgehead atoms. The lowest BCUT2D eigenvalue weighted by Gasteiger charge is -2.13. The van der Waals surface area contributed by atoms with Gasteiger partial charge in [-0.15, -0.1) is 0 Å². The summed E-state index contributed by atoms with van der Waals surface area (Å²) in [7, 11) is 0.